The molecule has 0 saturated heterocycles. The van der Waals surface area contributed by atoms with Crippen LogP contribution in [0.5, 0.6) is 5.75 Å². The average Bonchev–Trinajstić information content (AvgIpc) is 2.51. The molecule has 8 heteroatoms. The molecule has 0 radical (unpaired) electrons. The summed E-state index contributed by atoms with van der Waals surface area (Å²) < 4.78 is 4.98. The second kappa shape index (κ2) is 6.64. The monoisotopic (exact) mass is 340 g/mol. The molecule has 0 bridgehead atoms. The first-order chi connectivity index (χ1) is 10.4. The fraction of sp³-hybridized carbons (Fsp3) is 0.0714. The number of carbonyl (C=O) groups is 1. The second-order valence-corrected chi connectivity index (χ2v) is 4.98. The highest BCUT2D eigenvalue weighted by Gasteiger charge is 2.22. The van der Waals surface area contributed by atoms with Gasteiger partial charge in [-0.05, 0) is 24.3 Å². The van der Waals surface area contributed by atoms with Crippen molar-refractivity contribution in [3.05, 3.63) is 62.1 Å². The molecule has 1 amide bonds. The molecule has 0 aliphatic heterocycles. The van der Waals surface area contributed by atoms with E-state index in [2.05, 4.69) is 5.32 Å². The van der Waals surface area contributed by atoms with Gasteiger partial charge in [0.15, 0.2) is 0 Å². The van der Waals surface area contributed by atoms with E-state index in [1.54, 1.807) is 12.1 Å². The zero-order valence-electron chi connectivity index (χ0n) is 11.3. The van der Waals surface area contributed by atoms with Crippen LogP contribution in [0.25, 0.3) is 0 Å². The van der Waals surface area contributed by atoms with Crippen molar-refractivity contribution in [1.82, 2.24) is 0 Å². The second-order valence-electron chi connectivity index (χ2n) is 4.20. The van der Waals surface area contributed by atoms with Crippen LogP contribution < -0.4 is 10.1 Å². The van der Waals surface area contributed by atoms with E-state index >= 15 is 0 Å². The van der Waals surface area contributed by atoms with Gasteiger partial charge < -0.3 is 10.1 Å². The third kappa shape index (κ3) is 3.29. The molecule has 114 valence electrons. The molecular weight excluding hydrogens is 331 g/mol. The zero-order chi connectivity index (χ0) is 16.3. The number of anilines is 1. The summed E-state index contributed by atoms with van der Waals surface area (Å²) in [5.74, 6) is -0.359. The molecule has 0 spiro atoms. The number of benzene rings is 2. The minimum Gasteiger partial charge on any atom is -0.497 e. The van der Waals surface area contributed by atoms with Crippen LogP contribution in [0.1, 0.15) is 10.4 Å². The maximum atomic E-state index is 12.3. The molecule has 0 unspecified atom stereocenters. The Morgan fingerprint density at radius 3 is 2.64 bits per heavy atom. The van der Waals surface area contributed by atoms with E-state index in [1.807, 2.05) is 0 Å². The fourth-order valence-corrected chi connectivity index (χ4v) is 2.12. The number of carbonyl (C=O) groups excluding carboxylic acids is 1. The lowest BCUT2D eigenvalue weighted by molar-refractivity contribution is -0.385. The number of amides is 1. The SMILES string of the molecule is COc1ccc([N+](=O)[O-])c(C(=O)Nc2cccc(Cl)c2Cl)c1. The van der Waals surface area contributed by atoms with Crippen molar-refractivity contribution in [2.45, 2.75) is 0 Å². The Balaban J connectivity index is 2.40. The molecule has 2 aromatic carbocycles. The molecular formula is C14H10Cl2N2O4. The fourth-order valence-electron chi connectivity index (χ4n) is 1.77. The zero-order valence-corrected chi connectivity index (χ0v) is 12.8. The molecule has 0 aliphatic carbocycles. The van der Waals surface area contributed by atoms with Crippen molar-refractivity contribution in [1.29, 1.82) is 0 Å². The number of nitrogens with one attached hydrogen (secondary N) is 1. The predicted octanol–water partition coefficient (Wildman–Crippen LogP) is 4.16. The lowest BCUT2D eigenvalue weighted by Gasteiger charge is -2.09. The van der Waals surface area contributed by atoms with Gasteiger partial charge in [-0.15, -0.1) is 0 Å². The number of hydrogen-bond donors (Lipinski definition) is 1. The van der Waals surface area contributed by atoms with Crippen LogP contribution in [-0.2, 0) is 0 Å². The first-order valence-corrected chi connectivity index (χ1v) is 6.77. The number of nitro groups is 1. The quantitative estimate of drug-likeness (QED) is 0.669. The van der Waals surface area contributed by atoms with Gasteiger partial charge in [-0.1, -0.05) is 29.3 Å². The minimum absolute atomic E-state index is 0.139. The summed E-state index contributed by atoms with van der Waals surface area (Å²) in [4.78, 5) is 22.7. The third-order valence-corrected chi connectivity index (χ3v) is 3.66. The highest BCUT2D eigenvalue weighted by molar-refractivity contribution is 6.44. The van der Waals surface area contributed by atoms with Crippen molar-refractivity contribution >= 4 is 40.5 Å². The molecule has 0 aromatic heterocycles. The Morgan fingerprint density at radius 2 is 2.00 bits per heavy atom. The van der Waals surface area contributed by atoms with Crippen molar-refractivity contribution in [2.75, 3.05) is 12.4 Å². The number of rotatable bonds is 4. The van der Waals surface area contributed by atoms with E-state index in [-0.39, 0.29) is 27.0 Å². The molecule has 22 heavy (non-hydrogen) atoms. The van der Waals surface area contributed by atoms with E-state index in [9.17, 15) is 14.9 Å². The molecule has 6 nitrogen and oxygen atoms in total. The third-order valence-electron chi connectivity index (χ3n) is 2.84. The molecule has 1 N–H and O–H groups in total. The number of methoxy groups -OCH3 is 1. The highest BCUT2D eigenvalue weighted by Crippen LogP contribution is 2.31. The smallest absolute Gasteiger partial charge is 0.282 e. The van der Waals surface area contributed by atoms with Crippen molar-refractivity contribution in [2.24, 2.45) is 0 Å². The first-order valence-electron chi connectivity index (χ1n) is 6.02. The number of hydrogen-bond acceptors (Lipinski definition) is 4. The first kappa shape index (κ1) is 16.1. The molecule has 0 aliphatic rings. The highest BCUT2D eigenvalue weighted by atomic mass is 35.5. The summed E-state index contributed by atoms with van der Waals surface area (Å²) in [7, 11) is 1.40. The van der Waals surface area contributed by atoms with Crippen LogP contribution in [0.15, 0.2) is 36.4 Å². The summed E-state index contributed by atoms with van der Waals surface area (Å²) in [5.41, 5.74) is -0.215. The Bertz CT molecular complexity index is 750. The summed E-state index contributed by atoms with van der Waals surface area (Å²) >= 11 is 11.8. The largest absolute Gasteiger partial charge is 0.497 e. The summed E-state index contributed by atoms with van der Waals surface area (Å²) in [6.07, 6.45) is 0. The van der Waals surface area contributed by atoms with Crippen LogP contribution in [0.4, 0.5) is 11.4 Å². The Morgan fingerprint density at radius 1 is 1.27 bits per heavy atom. The minimum atomic E-state index is -0.685. The van der Waals surface area contributed by atoms with Crippen molar-refractivity contribution in [3.63, 3.8) is 0 Å². The van der Waals surface area contributed by atoms with Gasteiger partial charge in [-0.25, -0.2) is 0 Å². The molecule has 0 fully saturated rings. The average molecular weight is 341 g/mol. The maximum absolute atomic E-state index is 12.3. The summed E-state index contributed by atoms with van der Waals surface area (Å²) in [5, 5.41) is 14.0. The molecule has 0 heterocycles. The van der Waals surface area contributed by atoms with Gasteiger partial charge in [0.2, 0.25) is 0 Å². The van der Waals surface area contributed by atoms with Crippen molar-refractivity contribution < 1.29 is 14.5 Å². The van der Waals surface area contributed by atoms with Gasteiger partial charge in [0.25, 0.3) is 11.6 Å². The standard InChI is InChI=1S/C14H10Cl2N2O4/c1-22-8-5-6-12(18(20)21)9(7-8)14(19)17-11-4-2-3-10(15)13(11)16/h2-7H,1H3,(H,17,19). The Hall–Kier alpha value is -2.31. The topological polar surface area (TPSA) is 81.5 Å². The van der Waals surface area contributed by atoms with E-state index in [0.29, 0.717) is 5.75 Å². The van der Waals surface area contributed by atoms with Gasteiger partial charge >= 0.3 is 0 Å². The molecule has 0 atom stereocenters. The van der Waals surface area contributed by atoms with E-state index < -0.39 is 10.8 Å². The van der Waals surface area contributed by atoms with E-state index in [0.717, 1.165) is 0 Å². The van der Waals surface area contributed by atoms with Gasteiger partial charge in [-0.3, -0.25) is 14.9 Å². The number of ether oxygens (including phenoxy) is 1. The van der Waals surface area contributed by atoms with Gasteiger partial charge in [0.05, 0.1) is 27.8 Å². The lowest BCUT2D eigenvalue weighted by Crippen LogP contribution is -2.14. The van der Waals surface area contributed by atoms with Crippen molar-refractivity contribution in [3.8, 4) is 5.75 Å². The molecule has 2 rings (SSSR count). The summed E-state index contributed by atoms with van der Waals surface area (Å²) in [6.45, 7) is 0. The van der Waals surface area contributed by atoms with Crippen LogP contribution in [0, 0.1) is 10.1 Å². The normalized spacial score (nSPS) is 10.1. The van der Waals surface area contributed by atoms with Crippen LogP contribution in [-0.4, -0.2) is 17.9 Å². The number of nitrogens with zero attached hydrogens (tertiary/aromatic N) is 1. The predicted molar refractivity (Wildman–Crippen MR) is 84.1 cm³/mol. The lowest BCUT2D eigenvalue weighted by atomic mass is 10.1. The van der Waals surface area contributed by atoms with Crippen LogP contribution in [0.2, 0.25) is 10.0 Å². The van der Waals surface area contributed by atoms with Gasteiger partial charge in [0.1, 0.15) is 11.3 Å². The van der Waals surface area contributed by atoms with Gasteiger partial charge in [0, 0.05) is 6.07 Å². The Labute approximate surface area is 135 Å². The number of nitro benzene ring substituents is 1. The van der Waals surface area contributed by atoms with Gasteiger partial charge in [-0.2, -0.15) is 0 Å². The van der Waals surface area contributed by atoms with Crippen LogP contribution in [0.3, 0.4) is 0 Å². The molecule has 0 saturated carbocycles. The Kier molecular flexibility index (Phi) is 4.85. The van der Waals surface area contributed by atoms with Crippen LogP contribution >= 0.6 is 23.2 Å². The number of halogens is 2. The molecule has 2 aromatic rings. The van der Waals surface area contributed by atoms with E-state index in [1.165, 1.54) is 31.4 Å². The van der Waals surface area contributed by atoms with E-state index in [4.69, 9.17) is 27.9 Å². The summed E-state index contributed by atoms with van der Waals surface area (Å²) in [6, 6.07) is 8.59. The maximum Gasteiger partial charge on any atom is 0.282 e.